The first kappa shape index (κ1) is 17.6. The molecular weight excluding hydrogens is 357 g/mol. The van der Waals surface area contributed by atoms with Crippen LogP contribution in [-0.2, 0) is 10.5 Å². The van der Waals surface area contributed by atoms with Crippen LogP contribution in [-0.4, -0.2) is 21.6 Å². The van der Waals surface area contributed by atoms with Crippen LogP contribution in [0, 0.1) is 12.7 Å². The van der Waals surface area contributed by atoms with Crippen LogP contribution in [0.1, 0.15) is 10.4 Å². The van der Waals surface area contributed by atoms with Gasteiger partial charge in [0.15, 0.2) is 5.13 Å². The van der Waals surface area contributed by atoms with Gasteiger partial charge in [-0.25, -0.2) is 9.37 Å². The van der Waals surface area contributed by atoms with Gasteiger partial charge in [-0.3, -0.25) is 9.78 Å². The lowest BCUT2D eigenvalue weighted by atomic mass is 10.1. The fourth-order valence-electron chi connectivity index (χ4n) is 2.22. The van der Waals surface area contributed by atoms with Gasteiger partial charge in [0.25, 0.3) is 0 Å². The molecule has 128 valence electrons. The van der Waals surface area contributed by atoms with E-state index in [1.165, 1.54) is 35.2 Å². The molecule has 0 aliphatic carbocycles. The third kappa shape index (κ3) is 4.87. The van der Waals surface area contributed by atoms with Gasteiger partial charge in [-0.05, 0) is 48.9 Å². The smallest absolute Gasteiger partial charge is 0.236 e. The van der Waals surface area contributed by atoms with Crippen molar-refractivity contribution in [2.24, 2.45) is 0 Å². The molecule has 0 bridgehead atoms. The molecule has 3 rings (SSSR count). The second-order valence-corrected chi connectivity index (χ2v) is 7.52. The summed E-state index contributed by atoms with van der Waals surface area (Å²) in [7, 11) is 0. The number of nitrogens with one attached hydrogen (secondary N) is 1. The standard InChI is InChI=1S/C18H16FN3OS2/c1-12-17(14-2-4-15(19)5-3-14)22-18(25-12)21-16(23)11-24-10-13-6-8-20-9-7-13/h2-9H,10-11H2,1H3,(H,21,22,23). The predicted molar refractivity (Wildman–Crippen MR) is 101 cm³/mol. The highest BCUT2D eigenvalue weighted by atomic mass is 32.2. The zero-order valence-corrected chi connectivity index (χ0v) is 15.2. The summed E-state index contributed by atoms with van der Waals surface area (Å²) in [6.45, 7) is 1.93. The fourth-order valence-corrected chi connectivity index (χ4v) is 3.86. The maximum Gasteiger partial charge on any atom is 0.236 e. The molecule has 0 saturated carbocycles. The van der Waals surface area contributed by atoms with Gasteiger partial charge in [0.1, 0.15) is 5.82 Å². The van der Waals surface area contributed by atoms with Gasteiger partial charge in [-0.15, -0.1) is 23.1 Å². The number of benzene rings is 1. The Morgan fingerprint density at radius 1 is 1.20 bits per heavy atom. The van der Waals surface area contributed by atoms with Crippen LogP contribution in [0.2, 0.25) is 0 Å². The average molecular weight is 373 g/mol. The SMILES string of the molecule is Cc1sc(NC(=O)CSCc2ccncc2)nc1-c1ccc(F)cc1. The molecule has 0 fully saturated rings. The molecule has 0 unspecified atom stereocenters. The molecule has 7 heteroatoms. The molecule has 1 amide bonds. The number of halogens is 1. The molecule has 3 aromatic rings. The van der Waals surface area contributed by atoms with Crippen LogP contribution in [0.5, 0.6) is 0 Å². The van der Waals surface area contributed by atoms with Crippen molar-refractivity contribution in [1.29, 1.82) is 0 Å². The molecule has 0 radical (unpaired) electrons. The Kier molecular flexibility index (Phi) is 5.78. The Labute approximate surface area is 153 Å². The third-order valence-corrected chi connectivity index (χ3v) is 5.30. The minimum Gasteiger partial charge on any atom is -0.301 e. The number of thioether (sulfide) groups is 1. The highest BCUT2D eigenvalue weighted by Crippen LogP contribution is 2.30. The van der Waals surface area contributed by atoms with Crippen molar-refractivity contribution in [3.63, 3.8) is 0 Å². The van der Waals surface area contributed by atoms with E-state index < -0.39 is 0 Å². The average Bonchev–Trinajstić information content (AvgIpc) is 2.96. The van der Waals surface area contributed by atoms with Crippen LogP contribution in [0.3, 0.4) is 0 Å². The van der Waals surface area contributed by atoms with E-state index in [0.29, 0.717) is 10.9 Å². The van der Waals surface area contributed by atoms with E-state index in [2.05, 4.69) is 15.3 Å². The number of hydrogen-bond donors (Lipinski definition) is 1. The molecular formula is C18H16FN3OS2. The monoisotopic (exact) mass is 373 g/mol. The van der Waals surface area contributed by atoms with Crippen LogP contribution in [0.25, 0.3) is 11.3 Å². The molecule has 1 N–H and O–H groups in total. The van der Waals surface area contributed by atoms with Gasteiger partial charge >= 0.3 is 0 Å². The van der Waals surface area contributed by atoms with Crippen molar-refractivity contribution in [1.82, 2.24) is 9.97 Å². The summed E-state index contributed by atoms with van der Waals surface area (Å²) < 4.78 is 13.0. The maximum absolute atomic E-state index is 13.0. The fraction of sp³-hybridized carbons (Fsp3) is 0.167. The van der Waals surface area contributed by atoms with Crippen molar-refractivity contribution in [3.8, 4) is 11.3 Å². The number of pyridine rings is 1. The third-order valence-electron chi connectivity index (χ3n) is 3.41. The molecule has 2 aromatic heterocycles. The summed E-state index contributed by atoms with van der Waals surface area (Å²) in [4.78, 5) is 21.5. The minimum absolute atomic E-state index is 0.0848. The number of anilines is 1. The summed E-state index contributed by atoms with van der Waals surface area (Å²) in [5.74, 6) is 0.746. The van der Waals surface area contributed by atoms with E-state index in [-0.39, 0.29) is 11.7 Å². The molecule has 0 saturated heterocycles. The normalized spacial score (nSPS) is 10.6. The van der Waals surface area contributed by atoms with Crippen molar-refractivity contribution < 1.29 is 9.18 Å². The van der Waals surface area contributed by atoms with Crippen molar-refractivity contribution in [3.05, 3.63) is 65.0 Å². The molecule has 25 heavy (non-hydrogen) atoms. The second-order valence-electron chi connectivity index (χ2n) is 5.33. The number of thiazole rings is 1. The van der Waals surface area contributed by atoms with E-state index in [0.717, 1.165) is 27.5 Å². The van der Waals surface area contributed by atoms with Gasteiger partial charge in [-0.2, -0.15) is 0 Å². The van der Waals surface area contributed by atoms with E-state index in [4.69, 9.17) is 0 Å². The molecule has 0 spiro atoms. The first-order valence-corrected chi connectivity index (χ1v) is 9.59. The highest BCUT2D eigenvalue weighted by Gasteiger charge is 2.12. The first-order chi connectivity index (χ1) is 12.1. The maximum atomic E-state index is 13.0. The number of rotatable bonds is 6. The lowest BCUT2D eigenvalue weighted by Crippen LogP contribution is -2.13. The zero-order valence-electron chi connectivity index (χ0n) is 13.5. The van der Waals surface area contributed by atoms with Crippen LogP contribution < -0.4 is 5.32 Å². The first-order valence-electron chi connectivity index (χ1n) is 7.61. The second kappa shape index (κ2) is 8.22. The lowest BCUT2D eigenvalue weighted by molar-refractivity contribution is -0.113. The van der Waals surface area contributed by atoms with Crippen molar-refractivity contribution in [2.75, 3.05) is 11.1 Å². The number of hydrogen-bond acceptors (Lipinski definition) is 5. The van der Waals surface area contributed by atoms with E-state index in [1.807, 2.05) is 19.1 Å². The summed E-state index contributed by atoms with van der Waals surface area (Å²) in [5.41, 5.74) is 2.74. The largest absolute Gasteiger partial charge is 0.301 e. The van der Waals surface area contributed by atoms with Crippen LogP contribution >= 0.6 is 23.1 Å². The van der Waals surface area contributed by atoms with Gasteiger partial charge in [0.2, 0.25) is 5.91 Å². The number of amides is 1. The van der Waals surface area contributed by atoms with E-state index in [1.54, 1.807) is 24.5 Å². The molecule has 0 aliphatic rings. The summed E-state index contributed by atoms with van der Waals surface area (Å²) in [6.07, 6.45) is 3.48. The van der Waals surface area contributed by atoms with Gasteiger partial charge < -0.3 is 5.32 Å². The summed E-state index contributed by atoms with van der Waals surface area (Å²) in [5, 5.41) is 3.39. The van der Waals surface area contributed by atoms with Crippen LogP contribution in [0.4, 0.5) is 9.52 Å². The molecule has 4 nitrogen and oxygen atoms in total. The van der Waals surface area contributed by atoms with Crippen LogP contribution in [0.15, 0.2) is 48.8 Å². The van der Waals surface area contributed by atoms with E-state index >= 15 is 0 Å². The Hall–Kier alpha value is -2.25. The van der Waals surface area contributed by atoms with Crippen molar-refractivity contribution in [2.45, 2.75) is 12.7 Å². The zero-order chi connectivity index (χ0) is 17.6. The highest BCUT2D eigenvalue weighted by molar-refractivity contribution is 7.99. The topological polar surface area (TPSA) is 54.9 Å². The van der Waals surface area contributed by atoms with Gasteiger partial charge in [0, 0.05) is 28.6 Å². The van der Waals surface area contributed by atoms with Gasteiger partial charge in [-0.1, -0.05) is 0 Å². The Morgan fingerprint density at radius 3 is 2.64 bits per heavy atom. The molecule has 1 aromatic carbocycles. The minimum atomic E-state index is -0.281. The number of nitrogens with zero attached hydrogens (tertiary/aromatic N) is 2. The molecule has 0 aliphatic heterocycles. The summed E-state index contributed by atoms with van der Waals surface area (Å²) in [6, 6.07) is 10.1. The predicted octanol–water partition coefficient (Wildman–Crippen LogP) is 4.52. The lowest BCUT2D eigenvalue weighted by Gasteiger charge is -2.02. The molecule has 0 atom stereocenters. The number of carbonyl (C=O) groups excluding carboxylic acids is 1. The van der Waals surface area contributed by atoms with Gasteiger partial charge in [0.05, 0.1) is 11.4 Å². The quantitative estimate of drug-likeness (QED) is 0.690. The summed E-state index contributed by atoms with van der Waals surface area (Å²) >= 11 is 2.96. The molecule has 2 heterocycles. The number of carbonyl (C=O) groups is 1. The Balaban J connectivity index is 1.56. The Bertz CT molecular complexity index is 851. The van der Waals surface area contributed by atoms with E-state index in [9.17, 15) is 9.18 Å². The Morgan fingerprint density at radius 2 is 1.92 bits per heavy atom. The number of aromatic nitrogens is 2. The number of aryl methyl sites for hydroxylation is 1. The van der Waals surface area contributed by atoms with Crippen molar-refractivity contribution >= 4 is 34.1 Å².